The van der Waals surface area contributed by atoms with Crippen LogP contribution in [0.1, 0.15) is 0 Å². The molecule has 0 aliphatic carbocycles. The normalized spacial score (nSPS) is 11.6. The van der Waals surface area contributed by atoms with Gasteiger partial charge in [0.2, 0.25) is 0 Å². The summed E-state index contributed by atoms with van der Waals surface area (Å²) >= 11 is 0. The van der Waals surface area contributed by atoms with Crippen molar-refractivity contribution in [2.45, 2.75) is 0 Å². The van der Waals surface area contributed by atoms with E-state index in [1.807, 2.05) is 24.3 Å². The summed E-state index contributed by atoms with van der Waals surface area (Å²) in [6, 6.07) is 57.4. The predicted octanol–water partition coefficient (Wildman–Crippen LogP) is 12.3. The number of hydrogen-bond acceptors (Lipinski definition) is 3. The van der Waals surface area contributed by atoms with E-state index in [1.165, 1.54) is 11.1 Å². The van der Waals surface area contributed by atoms with Crippen LogP contribution in [-0.4, -0.2) is 0 Å². The number of hydrogen-bond donors (Lipinski definition) is 0. The van der Waals surface area contributed by atoms with Crippen molar-refractivity contribution in [1.82, 2.24) is 0 Å². The predicted molar refractivity (Wildman–Crippen MR) is 187 cm³/mol. The van der Waals surface area contributed by atoms with Gasteiger partial charge >= 0.3 is 0 Å². The van der Waals surface area contributed by atoms with Gasteiger partial charge in [-0.2, -0.15) is 0 Å². The van der Waals surface area contributed by atoms with Crippen LogP contribution in [0.2, 0.25) is 0 Å². The molecule has 0 unspecified atom stereocenters. The maximum atomic E-state index is 6.15. The molecule has 0 fully saturated rings. The summed E-state index contributed by atoms with van der Waals surface area (Å²) < 4.78 is 12.2. The number of rotatable bonds is 5. The molecule has 3 nitrogen and oxygen atoms in total. The van der Waals surface area contributed by atoms with Gasteiger partial charge < -0.3 is 13.7 Å². The molecule has 0 saturated heterocycles. The third-order valence-corrected chi connectivity index (χ3v) is 8.69. The molecule has 0 atom stereocenters. The van der Waals surface area contributed by atoms with E-state index in [4.69, 9.17) is 8.83 Å². The van der Waals surface area contributed by atoms with Crippen LogP contribution in [0.15, 0.2) is 173 Å². The van der Waals surface area contributed by atoms with Crippen molar-refractivity contribution in [3.05, 3.63) is 164 Å². The molecule has 0 saturated carbocycles. The van der Waals surface area contributed by atoms with E-state index in [0.29, 0.717) is 0 Å². The Morgan fingerprint density at radius 2 is 0.711 bits per heavy atom. The van der Waals surface area contributed by atoms with Gasteiger partial charge in [0.15, 0.2) is 0 Å². The van der Waals surface area contributed by atoms with Crippen LogP contribution >= 0.6 is 0 Å². The molecule has 0 spiro atoms. The lowest BCUT2D eigenvalue weighted by atomic mass is 10.0. The van der Waals surface area contributed by atoms with Crippen LogP contribution in [-0.2, 0) is 0 Å². The number of fused-ring (bicyclic) bond motifs is 6. The van der Waals surface area contributed by atoms with Crippen molar-refractivity contribution in [3.8, 4) is 22.3 Å². The molecule has 45 heavy (non-hydrogen) atoms. The number of furan rings is 2. The molecule has 0 aliphatic rings. The Bertz CT molecular complexity index is 2470. The summed E-state index contributed by atoms with van der Waals surface area (Å²) in [7, 11) is 0. The summed E-state index contributed by atoms with van der Waals surface area (Å²) in [4.78, 5) is 2.31. The SMILES string of the molecule is c1ccc(-c2ccc(N(c3ccc(-c4ccc5oc6ccccc6c5c4)cc3)c3ccc4oc5ccccc5c4c3)cc2)cc1. The Labute approximate surface area is 260 Å². The van der Waals surface area contributed by atoms with Crippen LogP contribution in [0.3, 0.4) is 0 Å². The van der Waals surface area contributed by atoms with Gasteiger partial charge in [-0.3, -0.25) is 0 Å². The van der Waals surface area contributed by atoms with Crippen LogP contribution in [0.4, 0.5) is 17.1 Å². The summed E-state index contributed by atoms with van der Waals surface area (Å²) in [5, 5.41) is 4.49. The molecule has 0 N–H and O–H groups in total. The zero-order valence-electron chi connectivity index (χ0n) is 24.4. The monoisotopic (exact) mass is 577 g/mol. The van der Waals surface area contributed by atoms with E-state index in [-0.39, 0.29) is 0 Å². The number of benzene rings is 7. The smallest absolute Gasteiger partial charge is 0.135 e. The second-order valence-electron chi connectivity index (χ2n) is 11.4. The molecule has 0 aliphatic heterocycles. The highest BCUT2D eigenvalue weighted by atomic mass is 16.3. The second-order valence-corrected chi connectivity index (χ2v) is 11.4. The topological polar surface area (TPSA) is 29.5 Å². The fourth-order valence-electron chi connectivity index (χ4n) is 6.44. The van der Waals surface area contributed by atoms with Crippen LogP contribution in [0.5, 0.6) is 0 Å². The maximum absolute atomic E-state index is 6.15. The molecule has 0 bridgehead atoms. The van der Waals surface area contributed by atoms with E-state index in [0.717, 1.165) is 72.1 Å². The molecule has 9 rings (SSSR count). The maximum Gasteiger partial charge on any atom is 0.135 e. The Kier molecular flexibility index (Phi) is 5.82. The fourth-order valence-corrected chi connectivity index (χ4v) is 6.44. The van der Waals surface area contributed by atoms with Crippen LogP contribution in [0, 0.1) is 0 Å². The molecule has 9 aromatic rings. The van der Waals surface area contributed by atoms with Crippen LogP contribution < -0.4 is 4.90 Å². The van der Waals surface area contributed by atoms with Gasteiger partial charge in [0.05, 0.1) is 0 Å². The lowest BCUT2D eigenvalue weighted by Gasteiger charge is -2.26. The summed E-state index contributed by atoms with van der Waals surface area (Å²) in [5.74, 6) is 0. The Morgan fingerprint density at radius 1 is 0.289 bits per heavy atom. The largest absolute Gasteiger partial charge is 0.456 e. The zero-order valence-corrected chi connectivity index (χ0v) is 24.4. The van der Waals surface area contributed by atoms with Crippen molar-refractivity contribution < 1.29 is 8.83 Å². The van der Waals surface area contributed by atoms with Gasteiger partial charge in [0, 0.05) is 38.6 Å². The standard InChI is InChI=1S/C42H27NO2/c1-2-8-28(9-3-1)29-14-19-32(20-15-29)43(34-23-25-42-38(27-34)36-11-5-7-13-40(36)45-42)33-21-16-30(17-22-33)31-18-24-41-37(26-31)35-10-4-6-12-39(35)44-41/h1-27H. The van der Waals surface area contributed by atoms with Crippen molar-refractivity contribution in [3.63, 3.8) is 0 Å². The van der Waals surface area contributed by atoms with Crippen molar-refractivity contribution in [2.24, 2.45) is 0 Å². The number of anilines is 3. The zero-order chi connectivity index (χ0) is 29.7. The van der Waals surface area contributed by atoms with Crippen molar-refractivity contribution in [1.29, 1.82) is 0 Å². The van der Waals surface area contributed by atoms with Crippen molar-refractivity contribution >= 4 is 60.9 Å². The third kappa shape index (κ3) is 4.37. The summed E-state index contributed by atoms with van der Waals surface area (Å²) in [6.07, 6.45) is 0. The minimum Gasteiger partial charge on any atom is -0.456 e. The second kappa shape index (κ2) is 10.3. The molecule has 0 radical (unpaired) electrons. The Balaban J connectivity index is 1.15. The first-order valence-electron chi connectivity index (χ1n) is 15.2. The first-order chi connectivity index (χ1) is 22.3. The third-order valence-electron chi connectivity index (χ3n) is 8.69. The van der Waals surface area contributed by atoms with E-state index < -0.39 is 0 Å². The van der Waals surface area contributed by atoms with E-state index in [1.54, 1.807) is 0 Å². The first-order valence-corrected chi connectivity index (χ1v) is 15.2. The summed E-state index contributed by atoms with van der Waals surface area (Å²) in [5.41, 5.74) is 11.5. The van der Waals surface area contributed by atoms with Gasteiger partial charge in [-0.1, -0.05) is 97.1 Å². The fraction of sp³-hybridized carbons (Fsp3) is 0. The Morgan fingerprint density at radius 3 is 1.33 bits per heavy atom. The van der Waals surface area contributed by atoms with E-state index in [9.17, 15) is 0 Å². The molecule has 0 amide bonds. The highest BCUT2D eigenvalue weighted by Gasteiger charge is 2.16. The molecule has 3 heteroatoms. The quantitative estimate of drug-likeness (QED) is 0.204. The molecular formula is C42H27NO2. The van der Waals surface area contributed by atoms with Crippen LogP contribution in [0.25, 0.3) is 66.1 Å². The van der Waals surface area contributed by atoms with Gasteiger partial charge in [0.25, 0.3) is 0 Å². The average Bonchev–Trinajstić information content (AvgIpc) is 3.67. The van der Waals surface area contributed by atoms with E-state index in [2.05, 4.69) is 144 Å². The molecular weight excluding hydrogens is 550 g/mol. The van der Waals surface area contributed by atoms with E-state index >= 15 is 0 Å². The minimum atomic E-state index is 0.886. The molecule has 7 aromatic carbocycles. The highest BCUT2D eigenvalue weighted by molar-refractivity contribution is 6.07. The number of para-hydroxylation sites is 2. The van der Waals surface area contributed by atoms with Crippen molar-refractivity contribution in [2.75, 3.05) is 4.90 Å². The first kappa shape index (κ1) is 25.4. The molecule has 2 heterocycles. The van der Waals surface area contributed by atoms with Gasteiger partial charge in [0.1, 0.15) is 22.3 Å². The minimum absolute atomic E-state index is 0.886. The molecule has 212 valence electrons. The average molecular weight is 578 g/mol. The van der Waals surface area contributed by atoms with Gasteiger partial charge in [-0.05, 0) is 89.0 Å². The lowest BCUT2D eigenvalue weighted by Crippen LogP contribution is -2.09. The van der Waals surface area contributed by atoms with Gasteiger partial charge in [-0.25, -0.2) is 0 Å². The lowest BCUT2D eigenvalue weighted by molar-refractivity contribution is 0.668. The number of nitrogens with zero attached hydrogens (tertiary/aromatic N) is 1. The Hall–Kier alpha value is -6.06. The molecule has 2 aromatic heterocycles. The highest BCUT2D eigenvalue weighted by Crippen LogP contribution is 2.40. The summed E-state index contributed by atoms with van der Waals surface area (Å²) in [6.45, 7) is 0. The van der Waals surface area contributed by atoms with Gasteiger partial charge in [-0.15, -0.1) is 0 Å².